The van der Waals surface area contributed by atoms with Gasteiger partial charge in [-0.15, -0.1) is 11.3 Å². The molecule has 0 aliphatic heterocycles. The molecule has 0 fully saturated rings. The van der Waals surface area contributed by atoms with E-state index in [4.69, 9.17) is 0 Å². The van der Waals surface area contributed by atoms with Crippen molar-refractivity contribution in [1.82, 2.24) is 20.2 Å². The van der Waals surface area contributed by atoms with Crippen molar-refractivity contribution in [2.45, 2.75) is 38.6 Å². The Balaban J connectivity index is 1.71. The average Bonchev–Trinajstić information content (AvgIpc) is 2.85. The number of rotatable bonds is 6. The summed E-state index contributed by atoms with van der Waals surface area (Å²) < 4.78 is 0. The Hall–Kier alpha value is -1.24. The second-order valence-corrected chi connectivity index (χ2v) is 7.32. The molecule has 0 spiro atoms. The number of H-pyrrole nitrogens is 1. The fourth-order valence-electron chi connectivity index (χ4n) is 3.02. The van der Waals surface area contributed by atoms with Gasteiger partial charge in [-0.25, -0.2) is 4.98 Å². The van der Waals surface area contributed by atoms with Crippen LogP contribution >= 0.6 is 11.3 Å². The molecule has 0 atom stereocenters. The Bertz CT molecular complexity index is 704. The third kappa shape index (κ3) is 3.39. The Labute approximate surface area is 134 Å². The number of aryl methyl sites for hydroxylation is 2. The maximum Gasteiger partial charge on any atom is 0.259 e. The van der Waals surface area contributed by atoms with Gasteiger partial charge >= 0.3 is 0 Å². The number of fused-ring (bicyclic) bond motifs is 3. The number of hydrogen-bond donors (Lipinski definition) is 2. The lowest BCUT2D eigenvalue weighted by Crippen LogP contribution is -2.23. The van der Waals surface area contributed by atoms with E-state index in [0.29, 0.717) is 6.54 Å². The minimum atomic E-state index is 0.0366. The first-order valence-electron chi connectivity index (χ1n) is 8.04. The third-order valence-corrected chi connectivity index (χ3v) is 5.31. The predicted octanol–water partition coefficient (Wildman–Crippen LogP) is 1.90. The fourth-order valence-corrected chi connectivity index (χ4v) is 4.30. The molecule has 0 saturated heterocycles. The average molecular weight is 320 g/mol. The highest BCUT2D eigenvalue weighted by atomic mass is 32.1. The number of aromatic nitrogens is 2. The van der Waals surface area contributed by atoms with Crippen LogP contribution in [-0.2, 0) is 19.4 Å². The molecule has 1 aliphatic carbocycles. The zero-order valence-corrected chi connectivity index (χ0v) is 14.2. The van der Waals surface area contributed by atoms with E-state index in [1.54, 1.807) is 11.3 Å². The van der Waals surface area contributed by atoms with Crippen molar-refractivity contribution in [1.29, 1.82) is 0 Å². The van der Waals surface area contributed by atoms with Crippen LogP contribution in [0, 0.1) is 0 Å². The van der Waals surface area contributed by atoms with Gasteiger partial charge in [0.15, 0.2) is 0 Å². The molecule has 2 aromatic heterocycles. The molecule has 2 heterocycles. The molecule has 120 valence electrons. The minimum Gasteiger partial charge on any atom is -0.310 e. The Morgan fingerprint density at radius 2 is 2.14 bits per heavy atom. The third-order valence-electron chi connectivity index (χ3n) is 4.13. The highest BCUT2D eigenvalue weighted by Gasteiger charge is 2.19. The summed E-state index contributed by atoms with van der Waals surface area (Å²) in [5.74, 6) is 0.751. The van der Waals surface area contributed by atoms with Crippen LogP contribution in [0.4, 0.5) is 0 Å². The summed E-state index contributed by atoms with van der Waals surface area (Å²) in [7, 11) is 4.15. The van der Waals surface area contributed by atoms with E-state index in [1.807, 2.05) is 0 Å². The molecule has 2 N–H and O–H groups in total. The number of hydrogen-bond acceptors (Lipinski definition) is 5. The lowest BCUT2D eigenvalue weighted by atomic mass is 9.97. The maximum atomic E-state index is 12.4. The van der Waals surface area contributed by atoms with Gasteiger partial charge in [0.1, 0.15) is 10.7 Å². The molecule has 0 aromatic carbocycles. The van der Waals surface area contributed by atoms with Crippen LogP contribution in [0.3, 0.4) is 0 Å². The van der Waals surface area contributed by atoms with Crippen LogP contribution in [0.2, 0.25) is 0 Å². The molecular weight excluding hydrogens is 296 g/mol. The van der Waals surface area contributed by atoms with Crippen LogP contribution in [0.5, 0.6) is 0 Å². The van der Waals surface area contributed by atoms with Crippen molar-refractivity contribution < 1.29 is 0 Å². The smallest absolute Gasteiger partial charge is 0.259 e. The first kappa shape index (κ1) is 15.6. The Morgan fingerprint density at radius 3 is 2.95 bits per heavy atom. The monoisotopic (exact) mass is 320 g/mol. The zero-order valence-electron chi connectivity index (χ0n) is 13.4. The quantitative estimate of drug-likeness (QED) is 0.798. The minimum absolute atomic E-state index is 0.0366. The molecule has 0 bridgehead atoms. The molecule has 3 rings (SSSR count). The summed E-state index contributed by atoms with van der Waals surface area (Å²) in [6.45, 7) is 2.62. The molecule has 6 heteroatoms. The van der Waals surface area contributed by atoms with E-state index in [0.717, 1.165) is 48.4 Å². The van der Waals surface area contributed by atoms with Crippen LogP contribution in [-0.4, -0.2) is 42.1 Å². The summed E-state index contributed by atoms with van der Waals surface area (Å²) in [6, 6.07) is 0. The first-order valence-corrected chi connectivity index (χ1v) is 8.85. The van der Waals surface area contributed by atoms with Crippen molar-refractivity contribution in [3.8, 4) is 0 Å². The van der Waals surface area contributed by atoms with E-state index in [1.165, 1.54) is 23.3 Å². The van der Waals surface area contributed by atoms with Crippen molar-refractivity contribution in [3.63, 3.8) is 0 Å². The van der Waals surface area contributed by atoms with Crippen molar-refractivity contribution in [2.75, 3.05) is 27.2 Å². The predicted molar refractivity (Wildman–Crippen MR) is 91.8 cm³/mol. The van der Waals surface area contributed by atoms with E-state index in [-0.39, 0.29) is 5.56 Å². The second kappa shape index (κ2) is 6.89. The van der Waals surface area contributed by atoms with Crippen LogP contribution in [0.25, 0.3) is 10.2 Å². The molecule has 22 heavy (non-hydrogen) atoms. The van der Waals surface area contributed by atoms with Crippen molar-refractivity contribution >= 4 is 21.6 Å². The second-order valence-electron chi connectivity index (χ2n) is 6.24. The fraction of sp³-hybridized carbons (Fsp3) is 0.625. The van der Waals surface area contributed by atoms with Gasteiger partial charge in [0.05, 0.1) is 11.9 Å². The molecule has 5 nitrogen and oxygen atoms in total. The first-order chi connectivity index (χ1) is 10.6. The van der Waals surface area contributed by atoms with E-state index in [9.17, 15) is 4.79 Å². The van der Waals surface area contributed by atoms with Crippen LogP contribution in [0.1, 0.15) is 35.5 Å². The maximum absolute atomic E-state index is 12.4. The van der Waals surface area contributed by atoms with Gasteiger partial charge < -0.3 is 15.2 Å². The van der Waals surface area contributed by atoms with Crippen LogP contribution < -0.4 is 10.9 Å². The normalized spacial score (nSPS) is 14.7. The SMILES string of the molecule is CN(C)CCCNCc1nc2sc3c(c2c(=O)[nH]1)CCCC3. The van der Waals surface area contributed by atoms with Gasteiger partial charge in [-0.05, 0) is 64.9 Å². The van der Waals surface area contributed by atoms with E-state index in [2.05, 4.69) is 34.3 Å². The highest BCUT2D eigenvalue weighted by molar-refractivity contribution is 7.18. The summed E-state index contributed by atoms with van der Waals surface area (Å²) in [4.78, 5) is 24.5. The van der Waals surface area contributed by atoms with Gasteiger partial charge in [0, 0.05) is 4.88 Å². The summed E-state index contributed by atoms with van der Waals surface area (Å²) >= 11 is 1.71. The van der Waals surface area contributed by atoms with Crippen LogP contribution in [0.15, 0.2) is 4.79 Å². The molecule has 1 aliphatic rings. The molecule has 0 amide bonds. The molecule has 0 radical (unpaired) electrons. The standard InChI is InChI=1S/C16H24N4OS/c1-20(2)9-5-8-17-10-13-18-15(21)14-11-6-3-4-7-12(11)22-16(14)19-13/h17H,3-10H2,1-2H3,(H,18,19,21). The molecular formula is C16H24N4OS. The number of thiophene rings is 1. The van der Waals surface area contributed by atoms with Gasteiger partial charge in [-0.1, -0.05) is 0 Å². The van der Waals surface area contributed by atoms with Crippen molar-refractivity contribution in [3.05, 3.63) is 26.6 Å². The van der Waals surface area contributed by atoms with Crippen molar-refractivity contribution in [2.24, 2.45) is 0 Å². The van der Waals surface area contributed by atoms with Gasteiger partial charge in [-0.3, -0.25) is 4.79 Å². The summed E-state index contributed by atoms with van der Waals surface area (Å²) in [5, 5.41) is 4.20. The lowest BCUT2D eigenvalue weighted by Gasteiger charge is -2.10. The number of aromatic amines is 1. The Morgan fingerprint density at radius 1 is 1.32 bits per heavy atom. The Kier molecular flexibility index (Phi) is 4.90. The summed E-state index contributed by atoms with van der Waals surface area (Å²) in [6.07, 6.45) is 5.65. The molecule has 0 unspecified atom stereocenters. The zero-order chi connectivity index (χ0) is 15.5. The van der Waals surface area contributed by atoms with Gasteiger partial charge in [-0.2, -0.15) is 0 Å². The van der Waals surface area contributed by atoms with E-state index >= 15 is 0 Å². The number of nitrogens with zero attached hydrogens (tertiary/aromatic N) is 2. The molecule has 2 aromatic rings. The van der Waals surface area contributed by atoms with Gasteiger partial charge in [0.2, 0.25) is 0 Å². The van der Waals surface area contributed by atoms with Gasteiger partial charge in [0.25, 0.3) is 5.56 Å². The summed E-state index contributed by atoms with van der Waals surface area (Å²) in [5.41, 5.74) is 1.29. The number of nitrogens with one attached hydrogen (secondary N) is 2. The highest BCUT2D eigenvalue weighted by Crippen LogP contribution is 2.33. The largest absolute Gasteiger partial charge is 0.310 e. The van der Waals surface area contributed by atoms with E-state index < -0.39 is 0 Å². The molecule has 0 saturated carbocycles. The lowest BCUT2D eigenvalue weighted by molar-refractivity contribution is 0.394. The topological polar surface area (TPSA) is 61.0 Å².